The lowest BCUT2D eigenvalue weighted by molar-refractivity contribution is -0.185. The van der Waals surface area contributed by atoms with Gasteiger partial charge in [0.1, 0.15) is 17.7 Å². The Labute approximate surface area is 343 Å². The molecule has 0 bridgehead atoms. The van der Waals surface area contributed by atoms with Crippen LogP contribution in [0.4, 0.5) is 4.79 Å². The van der Waals surface area contributed by atoms with E-state index in [-0.39, 0.29) is 12.1 Å². The second-order valence-corrected chi connectivity index (χ2v) is 15.1. The van der Waals surface area contributed by atoms with Crippen molar-refractivity contribution >= 4 is 12.0 Å². The van der Waals surface area contributed by atoms with Gasteiger partial charge in [-0.1, -0.05) is 91.3 Å². The summed E-state index contributed by atoms with van der Waals surface area (Å²) in [6.45, 7) is 5.51. The number of benzene rings is 3. The standard InChI is InChI=1S/C45H50N10O4/c1-30(50-44(56)40(53-45(57)58-2)33-15-8-4-9-16-33)41-48-27-36(51-41)31-18-20-34(21-19-31)42-46-25-35(26-47-42)37-28-49-43(52-37)38-17-12-24-55(38)59-29-39(32-13-6-3-7-14-32)54-22-10-5-11-23-54/h3-4,6-9,13-16,18-21,25-28,30,38-40H,5,10-12,17,22-24,29H2,1-2H3,(H,48,51)(H,49,52)(H,50,56)(H,53,57)/t30-,38-,39-,40+/m0/s1. The Balaban J connectivity index is 0.878. The molecule has 6 aromatic rings. The van der Waals surface area contributed by atoms with E-state index in [4.69, 9.17) is 24.5 Å². The lowest BCUT2D eigenvalue weighted by atomic mass is 10.0. The van der Waals surface area contributed by atoms with Crippen LogP contribution in [0.2, 0.25) is 0 Å². The van der Waals surface area contributed by atoms with Crippen LogP contribution in [0.1, 0.15) is 86.0 Å². The maximum atomic E-state index is 13.3. The highest BCUT2D eigenvalue weighted by Crippen LogP contribution is 2.34. The van der Waals surface area contributed by atoms with Crippen LogP contribution in [0.3, 0.4) is 0 Å². The molecule has 0 radical (unpaired) electrons. The molecule has 304 valence electrons. The van der Waals surface area contributed by atoms with Gasteiger partial charge < -0.3 is 25.3 Å². The third-order valence-electron chi connectivity index (χ3n) is 11.2. The molecule has 4 N–H and O–H groups in total. The first-order chi connectivity index (χ1) is 28.9. The van der Waals surface area contributed by atoms with Crippen molar-refractivity contribution in [2.45, 2.75) is 63.2 Å². The molecule has 0 unspecified atom stereocenters. The SMILES string of the molecule is COC(=O)N[C@@H](C(=O)N[C@@H](C)c1ncc(-c2ccc(-c3ncc(-c4cnc([C@@H]5CCCN5OC[C@@H](c5ccccc5)N5CCCCC5)[nH]4)cn3)cc2)[nH]1)c1ccccc1. The van der Waals surface area contributed by atoms with Gasteiger partial charge in [-0.05, 0) is 62.4 Å². The Bertz CT molecular complexity index is 2280. The molecular formula is C45H50N10O4. The summed E-state index contributed by atoms with van der Waals surface area (Å²) in [7, 11) is 1.26. The van der Waals surface area contributed by atoms with Gasteiger partial charge in [-0.3, -0.25) is 14.5 Å². The summed E-state index contributed by atoms with van der Waals surface area (Å²) < 4.78 is 4.74. The zero-order valence-corrected chi connectivity index (χ0v) is 33.4. The van der Waals surface area contributed by atoms with Crippen LogP contribution in [-0.4, -0.2) is 85.2 Å². The number of piperidine rings is 1. The molecule has 0 aliphatic carbocycles. The van der Waals surface area contributed by atoms with Crippen molar-refractivity contribution in [3.63, 3.8) is 0 Å². The van der Waals surface area contributed by atoms with E-state index in [0.717, 1.165) is 66.4 Å². The molecule has 14 heteroatoms. The number of ether oxygens (including phenoxy) is 1. The summed E-state index contributed by atoms with van der Waals surface area (Å²) >= 11 is 0. The van der Waals surface area contributed by atoms with Crippen molar-refractivity contribution in [1.29, 1.82) is 0 Å². The number of likely N-dealkylation sites (tertiary alicyclic amines) is 1. The van der Waals surface area contributed by atoms with Gasteiger partial charge in [0.2, 0.25) is 5.91 Å². The average molecular weight is 795 g/mol. The largest absolute Gasteiger partial charge is 0.453 e. The van der Waals surface area contributed by atoms with Crippen LogP contribution in [0.25, 0.3) is 33.9 Å². The topological polar surface area (TPSA) is 166 Å². The van der Waals surface area contributed by atoms with Crippen LogP contribution in [-0.2, 0) is 14.4 Å². The molecule has 59 heavy (non-hydrogen) atoms. The Morgan fingerprint density at radius 3 is 2.10 bits per heavy atom. The number of nitrogens with zero attached hydrogens (tertiary/aromatic N) is 6. The maximum absolute atomic E-state index is 13.3. The predicted molar refractivity (Wildman–Crippen MR) is 223 cm³/mol. The molecule has 0 saturated carbocycles. The van der Waals surface area contributed by atoms with E-state index in [1.165, 1.54) is 31.9 Å². The monoisotopic (exact) mass is 794 g/mol. The number of amides is 2. The maximum Gasteiger partial charge on any atom is 0.407 e. The summed E-state index contributed by atoms with van der Waals surface area (Å²) in [6.07, 6.45) is 12.3. The van der Waals surface area contributed by atoms with Gasteiger partial charge in [0.25, 0.3) is 0 Å². The Hall–Kier alpha value is -6.22. The third-order valence-corrected chi connectivity index (χ3v) is 11.2. The lowest BCUT2D eigenvalue weighted by Crippen LogP contribution is -2.41. The predicted octanol–water partition coefficient (Wildman–Crippen LogP) is 7.49. The van der Waals surface area contributed by atoms with Crippen molar-refractivity contribution in [1.82, 2.24) is 50.5 Å². The molecular weight excluding hydrogens is 745 g/mol. The fourth-order valence-electron chi connectivity index (χ4n) is 7.91. The molecule has 2 saturated heterocycles. The van der Waals surface area contributed by atoms with Crippen molar-refractivity contribution in [3.05, 3.63) is 132 Å². The van der Waals surface area contributed by atoms with Gasteiger partial charge in [0.05, 0.1) is 55.6 Å². The molecule has 4 atom stereocenters. The molecule has 5 heterocycles. The summed E-state index contributed by atoms with van der Waals surface area (Å²) in [6, 6.07) is 26.5. The van der Waals surface area contributed by atoms with Crippen LogP contribution in [0, 0.1) is 0 Å². The minimum atomic E-state index is -0.933. The zero-order chi connectivity index (χ0) is 40.6. The number of aromatic nitrogens is 6. The number of carbonyl (C=O) groups excluding carboxylic acids is 2. The lowest BCUT2D eigenvalue weighted by Gasteiger charge is -2.36. The first-order valence-corrected chi connectivity index (χ1v) is 20.3. The number of carbonyl (C=O) groups is 2. The number of rotatable bonds is 14. The van der Waals surface area contributed by atoms with E-state index in [9.17, 15) is 9.59 Å². The van der Waals surface area contributed by atoms with E-state index in [1.54, 1.807) is 30.5 Å². The van der Waals surface area contributed by atoms with Crippen LogP contribution in [0.15, 0.2) is 110 Å². The molecule has 2 aliphatic rings. The summed E-state index contributed by atoms with van der Waals surface area (Å²) in [5.41, 5.74) is 6.21. The first kappa shape index (κ1) is 39.6. The van der Waals surface area contributed by atoms with Gasteiger partial charge >= 0.3 is 6.09 Å². The van der Waals surface area contributed by atoms with Gasteiger partial charge in [-0.25, -0.2) is 24.7 Å². The fraction of sp³-hybridized carbons (Fsp3) is 0.333. The average Bonchev–Trinajstić information content (AvgIpc) is 4.09. The third kappa shape index (κ3) is 9.41. The highest BCUT2D eigenvalue weighted by atomic mass is 16.7. The quantitative estimate of drug-likeness (QED) is 0.0868. The van der Waals surface area contributed by atoms with E-state index in [2.05, 4.69) is 65.9 Å². The molecule has 3 aromatic heterocycles. The van der Waals surface area contributed by atoms with E-state index >= 15 is 0 Å². The second kappa shape index (κ2) is 18.6. The molecule has 2 amide bonds. The normalized spacial score (nSPS) is 17.6. The highest BCUT2D eigenvalue weighted by molar-refractivity contribution is 5.87. The van der Waals surface area contributed by atoms with Crippen molar-refractivity contribution in [2.24, 2.45) is 0 Å². The number of H-pyrrole nitrogens is 2. The molecule has 0 spiro atoms. The van der Waals surface area contributed by atoms with Crippen molar-refractivity contribution in [3.8, 4) is 33.9 Å². The van der Waals surface area contributed by atoms with Gasteiger partial charge in [-0.15, -0.1) is 0 Å². The van der Waals surface area contributed by atoms with Gasteiger partial charge in [-0.2, -0.15) is 5.06 Å². The summed E-state index contributed by atoms with van der Waals surface area (Å²) in [5.74, 6) is 1.67. The minimum absolute atomic E-state index is 0.0514. The molecule has 3 aromatic carbocycles. The minimum Gasteiger partial charge on any atom is -0.453 e. The van der Waals surface area contributed by atoms with E-state index < -0.39 is 24.1 Å². The number of hydrogen-bond acceptors (Lipinski definition) is 10. The number of aromatic amines is 2. The smallest absolute Gasteiger partial charge is 0.407 e. The summed E-state index contributed by atoms with van der Waals surface area (Å²) in [4.78, 5) is 60.0. The van der Waals surface area contributed by atoms with Crippen molar-refractivity contribution < 1.29 is 19.2 Å². The number of hydrogen-bond donors (Lipinski definition) is 4. The molecule has 8 rings (SSSR count). The van der Waals surface area contributed by atoms with Crippen LogP contribution >= 0.6 is 0 Å². The number of methoxy groups -OCH3 is 1. The Kier molecular flexibility index (Phi) is 12.5. The van der Waals surface area contributed by atoms with Gasteiger partial charge in [0.15, 0.2) is 5.82 Å². The number of nitrogens with one attached hydrogen (secondary N) is 4. The number of hydroxylamine groups is 2. The Morgan fingerprint density at radius 2 is 1.39 bits per heavy atom. The van der Waals surface area contributed by atoms with E-state index in [0.29, 0.717) is 23.8 Å². The second-order valence-electron chi connectivity index (χ2n) is 15.1. The fourth-order valence-corrected chi connectivity index (χ4v) is 7.91. The molecule has 2 aliphatic heterocycles. The molecule has 14 nitrogen and oxygen atoms in total. The molecule has 2 fully saturated rings. The van der Waals surface area contributed by atoms with Crippen LogP contribution in [0.5, 0.6) is 0 Å². The number of imidazole rings is 2. The van der Waals surface area contributed by atoms with Crippen LogP contribution < -0.4 is 10.6 Å². The van der Waals surface area contributed by atoms with E-state index in [1.807, 2.05) is 55.8 Å². The summed E-state index contributed by atoms with van der Waals surface area (Å²) in [5, 5.41) is 7.66. The zero-order valence-electron chi connectivity index (χ0n) is 33.4. The van der Waals surface area contributed by atoms with Gasteiger partial charge in [0, 0.05) is 30.1 Å². The number of alkyl carbamates (subject to hydrolysis) is 1. The Morgan fingerprint density at radius 1 is 0.729 bits per heavy atom. The van der Waals surface area contributed by atoms with Crippen molar-refractivity contribution in [2.75, 3.05) is 33.4 Å². The first-order valence-electron chi connectivity index (χ1n) is 20.3. The highest BCUT2D eigenvalue weighted by Gasteiger charge is 2.32.